The van der Waals surface area contributed by atoms with Crippen molar-refractivity contribution in [3.05, 3.63) is 30.1 Å². The maximum Gasteiger partial charge on any atom is 0.204 e. The minimum Gasteiger partial charge on any atom is -0.355 e. The van der Waals surface area contributed by atoms with E-state index < -0.39 is 0 Å². The van der Waals surface area contributed by atoms with Crippen LogP contribution in [0.15, 0.2) is 29.4 Å². The van der Waals surface area contributed by atoms with E-state index >= 15 is 0 Å². The Kier molecular flexibility index (Phi) is 6.60. The summed E-state index contributed by atoms with van der Waals surface area (Å²) >= 11 is 1.79. The monoisotopic (exact) mass is 249 g/mol. The number of rotatable bonds is 5. The molecule has 0 aromatic carbocycles. The number of nitriles is 1. The molecule has 0 aliphatic rings. The molecule has 1 heterocycles. The third-order valence-corrected chi connectivity index (χ3v) is 2.91. The lowest BCUT2D eigenvalue weighted by Gasteiger charge is -2.06. The number of thioether (sulfide) groups is 1. The van der Waals surface area contributed by atoms with Gasteiger partial charge in [0.05, 0.1) is 5.69 Å². The number of aliphatic imine (C=N–C) groups is 1. The fourth-order valence-corrected chi connectivity index (χ4v) is 1.90. The summed E-state index contributed by atoms with van der Waals surface area (Å²) in [5, 5.41) is 13.9. The first-order chi connectivity index (χ1) is 8.36. The van der Waals surface area contributed by atoms with Crippen LogP contribution in [0.2, 0.25) is 0 Å². The Balaban J connectivity index is 2.11. The molecule has 0 fully saturated rings. The molecule has 0 aliphatic heterocycles. The van der Waals surface area contributed by atoms with E-state index in [1.807, 2.05) is 24.4 Å². The molecule has 1 aromatic heterocycles. The molecule has 0 saturated carbocycles. The number of hydrogen-bond donors (Lipinski definition) is 2. The van der Waals surface area contributed by atoms with Crippen molar-refractivity contribution in [2.24, 2.45) is 4.99 Å². The first-order valence-electron chi connectivity index (χ1n) is 5.20. The summed E-state index contributed by atoms with van der Waals surface area (Å²) in [7, 11) is 1.63. The smallest absolute Gasteiger partial charge is 0.204 e. The summed E-state index contributed by atoms with van der Waals surface area (Å²) in [6, 6.07) is 5.91. The number of nitrogens with one attached hydrogen (secondary N) is 2. The molecular formula is C11H15N5S. The van der Waals surface area contributed by atoms with Gasteiger partial charge in [-0.05, 0) is 12.1 Å². The summed E-state index contributed by atoms with van der Waals surface area (Å²) in [4.78, 5) is 8.12. The second-order valence-corrected chi connectivity index (χ2v) is 4.21. The Morgan fingerprint density at radius 1 is 1.59 bits per heavy atom. The molecule has 0 atom stereocenters. The fourth-order valence-electron chi connectivity index (χ4n) is 1.13. The van der Waals surface area contributed by atoms with Gasteiger partial charge < -0.3 is 5.32 Å². The third kappa shape index (κ3) is 5.78. The highest BCUT2D eigenvalue weighted by Crippen LogP contribution is 2.07. The summed E-state index contributed by atoms with van der Waals surface area (Å²) in [5.74, 6) is 2.33. The molecule has 5 nitrogen and oxygen atoms in total. The highest BCUT2D eigenvalue weighted by molar-refractivity contribution is 7.98. The minimum atomic E-state index is 0.505. The zero-order chi connectivity index (χ0) is 12.3. The standard InChI is InChI=1S/C11H15N5S/c1-13-11(16-9-12)15-6-7-17-8-10-4-2-3-5-14-10/h2-5H,6-8H2,1H3,(H2,13,15,16). The van der Waals surface area contributed by atoms with Crippen LogP contribution in [0.3, 0.4) is 0 Å². The van der Waals surface area contributed by atoms with Gasteiger partial charge in [-0.2, -0.15) is 17.0 Å². The maximum absolute atomic E-state index is 8.42. The van der Waals surface area contributed by atoms with Crippen LogP contribution < -0.4 is 10.6 Å². The second-order valence-electron chi connectivity index (χ2n) is 3.11. The molecule has 0 aliphatic carbocycles. The lowest BCUT2D eigenvalue weighted by molar-refractivity contribution is 0.930. The zero-order valence-electron chi connectivity index (χ0n) is 9.68. The van der Waals surface area contributed by atoms with E-state index in [-0.39, 0.29) is 0 Å². The van der Waals surface area contributed by atoms with Crippen LogP contribution in [0, 0.1) is 11.5 Å². The minimum absolute atomic E-state index is 0.505. The Bertz CT molecular complexity index is 385. The fraction of sp³-hybridized carbons (Fsp3) is 0.364. The Labute approximate surface area is 105 Å². The molecule has 0 saturated heterocycles. The summed E-state index contributed by atoms with van der Waals surface area (Å²) in [6.45, 7) is 0.763. The van der Waals surface area contributed by atoms with E-state index in [9.17, 15) is 0 Å². The van der Waals surface area contributed by atoms with Crippen LogP contribution in [0.25, 0.3) is 0 Å². The lowest BCUT2D eigenvalue weighted by atomic mass is 10.4. The van der Waals surface area contributed by atoms with Crippen LogP contribution in [0.1, 0.15) is 5.69 Å². The van der Waals surface area contributed by atoms with Gasteiger partial charge in [0.15, 0.2) is 6.19 Å². The van der Waals surface area contributed by atoms with Crippen molar-refractivity contribution in [3.63, 3.8) is 0 Å². The Morgan fingerprint density at radius 2 is 2.47 bits per heavy atom. The largest absolute Gasteiger partial charge is 0.355 e. The molecule has 0 radical (unpaired) electrons. The lowest BCUT2D eigenvalue weighted by Crippen LogP contribution is -2.35. The first kappa shape index (κ1) is 13.3. The van der Waals surface area contributed by atoms with Crippen molar-refractivity contribution in [1.29, 1.82) is 5.26 Å². The van der Waals surface area contributed by atoms with Gasteiger partial charge in [-0.25, -0.2) is 0 Å². The number of pyridine rings is 1. The predicted octanol–water partition coefficient (Wildman–Crippen LogP) is 0.961. The number of hydrogen-bond acceptors (Lipinski definition) is 4. The van der Waals surface area contributed by atoms with Gasteiger partial charge in [0.1, 0.15) is 0 Å². The van der Waals surface area contributed by atoms with Gasteiger partial charge in [-0.15, -0.1) is 0 Å². The van der Waals surface area contributed by atoms with Gasteiger partial charge in [0, 0.05) is 31.3 Å². The molecule has 0 unspecified atom stereocenters. The zero-order valence-corrected chi connectivity index (χ0v) is 10.5. The second kappa shape index (κ2) is 8.42. The SMILES string of the molecule is CN=C(NC#N)NCCSCc1ccccn1. The molecule has 0 spiro atoms. The van der Waals surface area contributed by atoms with Gasteiger partial charge in [-0.3, -0.25) is 15.3 Å². The molecule has 17 heavy (non-hydrogen) atoms. The predicted molar refractivity (Wildman–Crippen MR) is 70.5 cm³/mol. The average molecular weight is 249 g/mol. The van der Waals surface area contributed by atoms with E-state index in [0.717, 1.165) is 23.7 Å². The number of guanidine groups is 1. The van der Waals surface area contributed by atoms with Crippen LogP contribution in [0.4, 0.5) is 0 Å². The molecule has 2 N–H and O–H groups in total. The van der Waals surface area contributed by atoms with Gasteiger partial charge >= 0.3 is 0 Å². The van der Waals surface area contributed by atoms with E-state index in [1.165, 1.54) is 0 Å². The summed E-state index contributed by atoms with van der Waals surface area (Å²) in [6.07, 6.45) is 3.62. The Hall–Kier alpha value is -1.74. The summed E-state index contributed by atoms with van der Waals surface area (Å²) < 4.78 is 0. The highest BCUT2D eigenvalue weighted by Gasteiger charge is 1.96. The topological polar surface area (TPSA) is 73.1 Å². The van der Waals surface area contributed by atoms with Crippen LogP contribution in [0.5, 0.6) is 0 Å². The van der Waals surface area contributed by atoms with Crippen LogP contribution in [-0.2, 0) is 5.75 Å². The van der Waals surface area contributed by atoms with E-state index in [2.05, 4.69) is 20.6 Å². The molecular weight excluding hydrogens is 234 g/mol. The van der Waals surface area contributed by atoms with Crippen molar-refractivity contribution in [3.8, 4) is 6.19 Å². The molecule has 0 bridgehead atoms. The van der Waals surface area contributed by atoms with E-state index in [1.54, 1.807) is 25.0 Å². The highest BCUT2D eigenvalue weighted by atomic mass is 32.2. The Morgan fingerprint density at radius 3 is 3.12 bits per heavy atom. The van der Waals surface area contributed by atoms with Crippen molar-refractivity contribution in [1.82, 2.24) is 15.6 Å². The molecule has 0 amide bonds. The molecule has 6 heteroatoms. The molecule has 90 valence electrons. The van der Waals surface area contributed by atoms with Crippen molar-refractivity contribution in [2.75, 3.05) is 19.3 Å². The van der Waals surface area contributed by atoms with Gasteiger partial charge in [-0.1, -0.05) is 6.07 Å². The van der Waals surface area contributed by atoms with E-state index in [4.69, 9.17) is 5.26 Å². The number of aromatic nitrogens is 1. The first-order valence-corrected chi connectivity index (χ1v) is 6.35. The van der Waals surface area contributed by atoms with Crippen molar-refractivity contribution < 1.29 is 0 Å². The number of nitrogens with zero attached hydrogens (tertiary/aromatic N) is 3. The summed E-state index contributed by atoms with van der Waals surface area (Å²) in [5.41, 5.74) is 1.08. The third-order valence-electron chi connectivity index (χ3n) is 1.91. The van der Waals surface area contributed by atoms with E-state index in [0.29, 0.717) is 5.96 Å². The van der Waals surface area contributed by atoms with Gasteiger partial charge in [0.25, 0.3) is 0 Å². The van der Waals surface area contributed by atoms with Crippen molar-refractivity contribution in [2.45, 2.75) is 5.75 Å². The molecule has 1 aromatic rings. The normalized spacial score (nSPS) is 10.7. The van der Waals surface area contributed by atoms with Crippen LogP contribution >= 0.6 is 11.8 Å². The molecule has 1 rings (SSSR count). The quantitative estimate of drug-likeness (QED) is 0.267. The van der Waals surface area contributed by atoms with Crippen molar-refractivity contribution >= 4 is 17.7 Å². The maximum atomic E-state index is 8.42. The average Bonchev–Trinajstić information content (AvgIpc) is 2.38. The van der Waals surface area contributed by atoms with Gasteiger partial charge in [0.2, 0.25) is 5.96 Å². The van der Waals surface area contributed by atoms with Crippen LogP contribution in [-0.4, -0.2) is 30.3 Å².